The zero-order chi connectivity index (χ0) is 17.5. The predicted octanol–water partition coefficient (Wildman–Crippen LogP) is 4.85. The summed E-state index contributed by atoms with van der Waals surface area (Å²) < 4.78 is 4.17. The van der Waals surface area contributed by atoms with Crippen molar-refractivity contribution >= 4 is 17.4 Å². The number of hydrogen-bond donors (Lipinski definition) is 0. The standard InChI is InChI=1S/C21H26N2OS/c1-2-20(24)23(15-19-14-22-25-16-19)17-21(11-7-4-8-12-21)13-18-9-5-3-6-10-18/h2-3,5-6,9-10,14,16H,1,4,7-8,11-13,15,17H2. The van der Waals surface area contributed by atoms with Gasteiger partial charge in [0.05, 0.1) is 0 Å². The Hall–Kier alpha value is -1.94. The molecule has 1 aromatic carbocycles. The summed E-state index contributed by atoms with van der Waals surface area (Å²) in [4.78, 5) is 14.5. The highest BCUT2D eigenvalue weighted by molar-refractivity contribution is 7.03. The van der Waals surface area contributed by atoms with Crippen LogP contribution in [0.25, 0.3) is 0 Å². The molecule has 4 heteroatoms. The lowest BCUT2D eigenvalue weighted by Crippen LogP contribution is -2.42. The van der Waals surface area contributed by atoms with Crippen LogP contribution < -0.4 is 0 Å². The number of rotatable bonds is 7. The van der Waals surface area contributed by atoms with Gasteiger partial charge >= 0.3 is 0 Å². The highest BCUT2D eigenvalue weighted by Gasteiger charge is 2.35. The van der Waals surface area contributed by atoms with E-state index in [2.05, 4.69) is 41.3 Å². The topological polar surface area (TPSA) is 33.2 Å². The molecule has 0 radical (unpaired) electrons. The number of carbonyl (C=O) groups is 1. The Morgan fingerprint density at radius 2 is 1.96 bits per heavy atom. The molecule has 0 unspecified atom stereocenters. The summed E-state index contributed by atoms with van der Waals surface area (Å²) in [5.41, 5.74) is 2.64. The first-order valence-electron chi connectivity index (χ1n) is 9.04. The van der Waals surface area contributed by atoms with E-state index in [-0.39, 0.29) is 11.3 Å². The molecule has 3 nitrogen and oxygen atoms in total. The Bertz CT molecular complexity index is 675. The van der Waals surface area contributed by atoms with Gasteiger partial charge in [-0.05, 0) is 47.8 Å². The van der Waals surface area contributed by atoms with Gasteiger partial charge < -0.3 is 4.90 Å². The van der Waals surface area contributed by atoms with Gasteiger partial charge in [-0.2, -0.15) is 0 Å². The summed E-state index contributed by atoms with van der Waals surface area (Å²) in [7, 11) is 0. The van der Waals surface area contributed by atoms with E-state index < -0.39 is 0 Å². The van der Waals surface area contributed by atoms with Crippen molar-refractivity contribution in [1.82, 2.24) is 9.27 Å². The van der Waals surface area contributed by atoms with Crippen LogP contribution in [0.5, 0.6) is 0 Å². The van der Waals surface area contributed by atoms with E-state index in [1.165, 1.54) is 55.3 Å². The summed E-state index contributed by atoms with van der Waals surface area (Å²) in [6, 6.07) is 10.7. The van der Waals surface area contributed by atoms with Crippen LogP contribution in [0.2, 0.25) is 0 Å². The van der Waals surface area contributed by atoms with Gasteiger partial charge in [0.15, 0.2) is 0 Å². The fourth-order valence-electron chi connectivity index (χ4n) is 3.99. The minimum absolute atomic E-state index is 0.0178. The Kier molecular flexibility index (Phi) is 6.03. The Balaban J connectivity index is 1.80. The lowest BCUT2D eigenvalue weighted by atomic mass is 9.70. The first-order chi connectivity index (χ1) is 12.2. The maximum absolute atomic E-state index is 12.5. The molecule has 1 amide bonds. The lowest BCUT2D eigenvalue weighted by molar-refractivity contribution is -0.128. The van der Waals surface area contributed by atoms with Crippen molar-refractivity contribution in [3.05, 3.63) is 65.7 Å². The number of nitrogens with zero attached hydrogens (tertiary/aromatic N) is 2. The molecule has 0 bridgehead atoms. The normalized spacial score (nSPS) is 16.3. The molecule has 1 saturated carbocycles. The van der Waals surface area contributed by atoms with Crippen molar-refractivity contribution in [2.24, 2.45) is 5.41 Å². The quantitative estimate of drug-likeness (QED) is 0.666. The Morgan fingerprint density at radius 1 is 1.20 bits per heavy atom. The molecular weight excluding hydrogens is 328 g/mol. The van der Waals surface area contributed by atoms with E-state index in [0.717, 1.165) is 18.5 Å². The van der Waals surface area contributed by atoms with Crippen LogP contribution in [0, 0.1) is 5.41 Å². The second kappa shape index (κ2) is 8.43. The zero-order valence-corrected chi connectivity index (χ0v) is 15.5. The van der Waals surface area contributed by atoms with Crippen LogP contribution >= 0.6 is 11.5 Å². The van der Waals surface area contributed by atoms with E-state index >= 15 is 0 Å². The molecule has 1 aliphatic carbocycles. The Labute approximate surface area is 154 Å². The minimum Gasteiger partial charge on any atom is -0.334 e. The predicted molar refractivity (Wildman–Crippen MR) is 103 cm³/mol. The van der Waals surface area contributed by atoms with Crippen molar-refractivity contribution in [2.45, 2.75) is 45.1 Å². The smallest absolute Gasteiger partial charge is 0.246 e. The molecule has 1 aliphatic rings. The summed E-state index contributed by atoms with van der Waals surface area (Å²) in [6.45, 7) is 5.12. The number of aromatic nitrogens is 1. The second-order valence-electron chi connectivity index (χ2n) is 7.15. The molecule has 2 aromatic rings. The first-order valence-corrected chi connectivity index (χ1v) is 9.88. The summed E-state index contributed by atoms with van der Waals surface area (Å²) >= 11 is 1.43. The number of benzene rings is 1. The first kappa shape index (κ1) is 17.9. The number of hydrogen-bond acceptors (Lipinski definition) is 3. The molecule has 0 atom stereocenters. The molecule has 0 spiro atoms. The molecule has 0 N–H and O–H groups in total. The van der Waals surface area contributed by atoms with E-state index in [1.807, 2.05) is 16.5 Å². The van der Waals surface area contributed by atoms with Gasteiger partial charge in [0.1, 0.15) is 0 Å². The van der Waals surface area contributed by atoms with Crippen molar-refractivity contribution in [3.8, 4) is 0 Å². The van der Waals surface area contributed by atoms with E-state index in [0.29, 0.717) is 6.54 Å². The summed E-state index contributed by atoms with van der Waals surface area (Å²) in [5, 5.41) is 2.02. The van der Waals surface area contributed by atoms with Crippen LogP contribution in [-0.2, 0) is 17.8 Å². The highest BCUT2D eigenvalue weighted by atomic mass is 32.1. The number of amides is 1. The van der Waals surface area contributed by atoms with E-state index in [4.69, 9.17) is 0 Å². The number of carbonyl (C=O) groups excluding carboxylic acids is 1. The molecule has 0 saturated heterocycles. The lowest BCUT2D eigenvalue weighted by Gasteiger charge is -2.41. The molecule has 1 heterocycles. The van der Waals surface area contributed by atoms with E-state index in [1.54, 1.807) is 0 Å². The SMILES string of the molecule is C=CC(=O)N(Cc1cnsc1)CC1(Cc2ccccc2)CCCCC1. The Morgan fingerprint density at radius 3 is 2.60 bits per heavy atom. The van der Waals surface area contributed by atoms with Crippen molar-refractivity contribution in [3.63, 3.8) is 0 Å². The zero-order valence-electron chi connectivity index (χ0n) is 14.7. The molecule has 0 aliphatic heterocycles. The average Bonchev–Trinajstić information content (AvgIpc) is 3.15. The van der Waals surface area contributed by atoms with Crippen molar-refractivity contribution in [1.29, 1.82) is 0 Å². The van der Waals surface area contributed by atoms with Gasteiger partial charge in [0, 0.05) is 30.2 Å². The van der Waals surface area contributed by atoms with Gasteiger partial charge in [-0.1, -0.05) is 56.2 Å². The third-order valence-corrected chi connectivity index (χ3v) is 5.84. The third kappa shape index (κ3) is 4.79. The molecule has 132 valence electrons. The van der Waals surface area contributed by atoms with Crippen LogP contribution in [0.1, 0.15) is 43.2 Å². The third-order valence-electron chi connectivity index (χ3n) is 5.21. The van der Waals surface area contributed by atoms with E-state index in [9.17, 15) is 4.79 Å². The molecule has 3 rings (SSSR count). The fraction of sp³-hybridized carbons (Fsp3) is 0.429. The van der Waals surface area contributed by atoms with Gasteiger partial charge in [0.25, 0.3) is 0 Å². The maximum Gasteiger partial charge on any atom is 0.246 e. The molecule has 25 heavy (non-hydrogen) atoms. The maximum atomic E-state index is 12.5. The molecular formula is C21H26N2OS. The van der Waals surface area contributed by atoms with Crippen molar-refractivity contribution < 1.29 is 4.79 Å². The minimum atomic E-state index is 0.0178. The summed E-state index contributed by atoms with van der Waals surface area (Å²) in [6.07, 6.45) is 10.5. The largest absolute Gasteiger partial charge is 0.334 e. The van der Waals surface area contributed by atoms with Crippen LogP contribution in [-0.4, -0.2) is 21.7 Å². The summed E-state index contributed by atoms with van der Waals surface area (Å²) in [5.74, 6) is 0.0178. The average molecular weight is 355 g/mol. The van der Waals surface area contributed by atoms with Crippen LogP contribution in [0.15, 0.2) is 54.6 Å². The van der Waals surface area contributed by atoms with Gasteiger partial charge in [-0.25, -0.2) is 4.37 Å². The monoisotopic (exact) mass is 354 g/mol. The molecule has 1 fully saturated rings. The van der Waals surface area contributed by atoms with Crippen LogP contribution in [0.4, 0.5) is 0 Å². The fourth-order valence-corrected chi connectivity index (χ4v) is 4.52. The highest BCUT2D eigenvalue weighted by Crippen LogP contribution is 2.40. The van der Waals surface area contributed by atoms with Gasteiger partial charge in [-0.15, -0.1) is 0 Å². The molecule has 1 aromatic heterocycles. The van der Waals surface area contributed by atoms with Crippen molar-refractivity contribution in [2.75, 3.05) is 6.54 Å². The van der Waals surface area contributed by atoms with Crippen LogP contribution in [0.3, 0.4) is 0 Å². The second-order valence-corrected chi connectivity index (χ2v) is 7.81. The van der Waals surface area contributed by atoms with Gasteiger partial charge in [0.2, 0.25) is 5.91 Å². The van der Waals surface area contributed by atoms with Gasteiger partial charge in [-0.3, -0.25) is 4.79 Å².